The van der Waals surface area contributed by atoms with Crippen molar-refractivity contribution < 1.29 is 14.3 Å². The van der Waals surface area contributed by atoms with Gasteiger partial charge in [0.2, 0.25) is 0 Å². The van der Waals surface area contributed by atoms with Crippen LogP contribution in [0.15, 0.2) is 59.5 Å². The number of methoxy groups -OCH3 is 1. The number of para-hydroxylation sites is 1. The van der Waals surface area contributed by atoms with Crippen LogP contribution in [0.2, 0.25) is 0 Å². The van der Waals surface area contributed by atoms with E-state index in [1.807, 2.05) is 30.5 Å². The van der Waals surface area contributed by atoms with Gasteiger partial charge in [-0.05, 0) is 17.7 Å². The summed E-state index contributed by atoms with van der Waals surface area (Å²) in [7, 11) is 2.76. The fourth-order valence-electron chi connectivity index (χ4n) is 3.55. The molecule has 2 heterocycles. The van der Waals surface area contributed by atoms with E-state index in [1.54, 1.807) is 24.3 Å². The first kappa shape index (κ1) is 19.4. The van der Waals surface area contributed by atoms with Crippen LogP contribution in [0.1, 0.15) is 16.1 Å². The number of rotatable bonds is 5. The summed E-state index contributed by atoms with van der Waals surface area (Å²) < 4.78 is 6.02. The molecule has 4 aromatic rings. The molecule has 0 saturated carbocycles. The number of ether oxygens (including phenoxy) is 1. The Hall–Kier alpha value is -3.94. The van der Waals surface area contributed by atoms with Crippen molar-refractivity contribution in [1.82, 2.24) is 20.1 Å². The maximum atomic E-state index is 13.0. The molecule has 0 unspecified atom stereocenters. The topological polar surface area (TPSA) is 106 Å². The number of hydrogen-bond donors (Lipinski definition) is 2. The largest absolute Gasteiger partial charge is 0.467 e. The number of esters is 1. The van der Waals surface area contributed by atoms with Crippen molar-refractivity contribution in [3.8, 4) is 0 Å². The second-order valence-corrected chi connectivity index (χ2v) is 6.94. The van der Waals surface area contributed by atoms with E-state index < -0.39 is 17.9 Å². The lowest BCUT2D eigenvalue weighted by atomic mass is 10.0. The van der Waals surface area contributed by atoms with Crippen LogP contribution in [-0.4, -0.2) is 39.8 Å². The van der Waals surface area contributed by atoms with Crippen LogP contribution in [0.4, 0.5) is 0 Å². The molecule has 8 heteroatoms. The molecular weight excluding hydrogens is 384 g/mol. The first-order valence-corrected chi connectivity index (χ1v) is 9.39. The minimum Gasteiger partial charge on any atom is -0.467 e. The van der Waals surface area contributed by atoms with Crippen molar-refractivity contribution >= 4 is 33.6 Å². The number of benzene rings is 2. The Bertz CT molecular complexity index is 1320. The lowest BCUT2D eigenvalue weighted by molar-refractivity contribution is -0.142. The zero-order valence-corrected chi connectivity index (χ0v) is 16.5. The van der Waals surface area contributed by atoms with Gasteiger partial charge in [0.15, 0.2) is 5.69 Å². The molecule has 8 nitrogen and oxygen atoms in total. The molecule has 30 heavy (non-hydrogen) atoms. The summed E-state index contributed by atoms with van der Waals surface area (Å²) >= 11 is 0. The molecule has 2 aromatic carbocycles. The lowest BCUT2D eigenvalue weighted by Gasteiger charge is -2.17. The standard InChI is InChI=1S/C22H20N4O4/c1-26-21(28)16-9-4-3-8-15(16)19(25-26)20(27)24-18(22(29)30-2)11-13-12-23-17-10-6-5-7-14(13)17/h3-10,12,18,23H,11H2,1-2H3,(H,24,27)/t18-/m1/s1. The van der Waals surface area contributed by atoms with Crippen molar-refractivity contribution in [3.05, 3.63) is 76.3 Å². The van der Waals surface area contributed by atoms with Crippen LogP contribution in [0, 0.1) is 0 Å². The second-order valence-electron chi connectivity index (χ2n) is 6.94. The molecule has 0 saturated heterocycles. The predicted molar refractivity (Wildman–Crippen MR) is 112 cm³/mol. The first-order chi connectivity index (χ1) is 14.5. The highest BCUT2D eigenvalue weighted by Gasteiger charge is 2.26. The number of aryl methyl sites for hydroxylation is 1. The van der Waals surface area contributed by atoms with Gasteiger partial charge in [0.25, 0.3) is 11.5 Å². The Morgan fingerprint density at radius 3 is 2.50 bits per heavy atom. The maximum Gasteiger partial charge on any atom is 0.328 e. The third-order valence-electron chi connectivity index (χ3n) is 5.06. The van der Waals surface area contributed by atoms with Gasteiger partial charge in [0.1, 0.15) is 6.04 Å². The van der Waals surface area contributed by atoms with E-state index in [-0.39, 0.29) is 17.7 Å². The third kappa shape index (κ3) is 3.43. The van der Waals surface area contributed by atoms with Crippen molar-refractivity contribution in [3.63, 3.8) is 0 Å². The van der Waals surface area contributed by atoms with Crippen LogP contribution in [0.25, 0.3) is 21.7 Å². The minimum atomic E-state index is -0.917. The molecule has 0 aliphatic carbocycles. The Labute approximate surface area is 171 Å². The van der Waals surface area contributed by atoms with E-state index in [0.717, 1.165) is 21.1 Å². The normalized spacial score (nSPS) is 12.1. The monoisotopic (exact) mass is 404 g/mol. The van der Waals surface area contributed by atoms with E-state index in [1.165, 1.54) is 14.2 Å². The number of nitrogens with zero attached hydrogens (tertiary/aromatic N) is 2. The van der Waals surface area contributed by atoms with Gasteiger partial charge in [0.05, 0.1) is 12.5 Å². The predicted octanol–water partition coefficient (Wildman–Crippen LogP) is 1.93. The van der Waals surface area contributed by atoms with Crippen LogP contribution < -0.4 is 10.9 Å². The van der Waals surface area contributed by atoms with Crippen molar-refractivity contribution in [2.24, 2.45) is 7.05 Å². The minimum absolute atomic E-state index is 0.0699. The number of fused-ring (bicyclic) bond motifs is 2. The SMILES string of the molecule is COC(=O)[C@@H](Cc1c[nH]c2ccccc12)NC(=O)c1nn(C)c(=O)c2ccccc12. The molecule has 1 amide bonds. The average Bonchev–Trinajstić information content (AvgIpc) is 3.18. The highest BCUT2D eigenvalue weighted by Crippen LogP contribution is 2.20. The summed E-state index contributed by atoms with van der Waals surface area (Å²) in [6.07, 6.45) is 2.05. The Kier molecular flexibility index (Phi) is 5.05. The van der Waals surface area contributed by atoms with Crippen molar-refractivity contribution in [2.45, 2.75) is 12.5 Å². The van der Waals surface area contributed by atoms with Gasteiger partial charge in [-0.2, -0.15) is 5.10 Å². The number of nitrogens with one attached hydrogen (secondary N) is 2. The number of carbonyl (C=O) groups is 2. The lowest BCUT2D eigenvalue weighted by Crippen LogP contribution is -2.43. The molecule has 0 fully saturated rings. The molecule has 4 rings (SSSR count). The maximum absolute atomic E-state index is 13.0. The van der Waals surface area contributed by atoms with E-state index >= 15 is 0 Å². The average molecular weight is 404 g/mol. The van der Waals surface area contributed by atoms with Gasteiger partial charge in [-0.3, -0.25) is 9.59 Å². The van der Waals surface area contributed by atoms with Gasteiger partial charge in [0, 0.05) is 36.0 Å². The quantitative estimate of drug-likeness (QED) is 0.495. The highest BCUT2D eigenvalue weighted by molar-refractivity contribution is 6.06. The van der Waals surface area contributed by atoms with Gasteiger partial charge >= 0.3 is 5.97 Å². The molecule has 0 aliphatic heterocycles. The van der Waals surface area contributed by atoms with Crippen LogP contribution in [0.3, 0.4) is 0 Å². The fourth-order valence-corrected chi connectivity index (χ4v) is 3.55. The zero-order valence-electron chi connectivity index (χ0n) is 16.5. The molecule has 0 radical (unpaired) electrons. The number of amides is 1. The number of aromatic amines is 1. The van der Waals surface area contributed by atoms with Gasteiger partial charge in [-0.15, -0.1) is 0 Å². The zero-order chi connectivity index (χ0) is 21.3. The van der Waals surface area contributed by atoms with Gasteiger partial charge in [-0.25, -0.2) is 9.48 Å². The van der Waals surface area contributed by atoms with Crippen LogP contribution in [0.5, 0.6) is 0 Å². The third-order valence-corrected chi connectivity index (χ3v) is 5.06. The highest BCUT2D eigenvalue weighted by atomic mass is 16.5. The smallest absolute Gasteiger partial charge is 0.328 e. The number of H-pyrrole nitrogens is 1. The number of hydrogen-bond acceptors (Lipinski definition) is 5. The molecule has 0 aliphatic rings. The second kappa shape index (κ2) is 7.82. The first-order valence-electron chi connectivity index (χ1n) is 9.39. The number of carbonyl (C=O) groups excluding carboxylic acids is 2. The van der Waals surface area contributed by atoms with Crippen LogP contribution in [-0.2, 0) is 23.0 Å². The molecule has 152 valence electrons. The van der Waals surface area contributed by atoms with Gasteiger partial charge in [-0.1, -0.05) is 36.4 Å². The summed E-state index contributed by atoms with van der Waals surface area (Å²) in [5, 5.41) is 8.61. The summed E-state index contributed by atoms with van der Waals surface area (Å²) in [6.45, 7) is 0. The molecule has 0 bridgehead atoms. The van der Waals surface area contributed by atoms with E-state index in [9.17, 15) is 14.4 Å². The van der Waals surface area contributed by atoms with Crippen LogP contribution >= 0.6 is 0 Å². The fraction of sp³-hybridized carbons (Fsp3) is 0.182. The summed E-state index contributed by atoms with van der Waals surface area (Å²) in [6, 6.07) is 13.5. The van der Waals surface area contributed by atoms with E-state index in [0.29, 0.717) is 10.8 Å². The molecular formula is C22H20N4O4. The van der Waals surface area contributed by atoms with Crippen molar-refractivity contribution in [1.29, 1.82) is 0 Å². The molecule has 0 spiro atoms. The van der Waals surface area contributed by atoms with E-state index in [2.05, 4.69) is 15.4 Å². The summed E-state index contributed by atoms with van der Waals surface area (Å²) in [5.74, 6) is -1.13. The van der Waals surface area contributed by atoms with Crippen molar-refractivity contribution in [2.75, 3.05) is 7.11 Å². The molecule has 2 N–H and O–H groups in total. The summed E-state index contributed by atoms with van der Waals surface area (Å²) in [4.78, 5) is 40.9. The van der Waals surface area contributed by atoms with E-state index in [4.69, 9.17) is 4.74 Å². The Morgan fingerprint density at radius 2 is 1.77 bits per heavy atom. The summed E-state index contributed by atoms with van der Waals surface area (Å²) in [5.41, 5.74) is 1.58. The number of aromatic nitrogens is 3. The van der Waals surface area contributed by atoms with Gasteiger partial charge < -0.3 is 15.0 Å². The Morgan fingerprint density at radius 1 is 1.10 bits per heavy atom. The molecule has 2 aromatic heterocycles. The Balaban J connectivity index is 1.68. The molecule has 1 atom stereocenters.